The molecule has 0 aromatic heterocycles. The summed E-state index contributed by atoms with van der Waals surface area (Å²) in [4.78, 5) is 11.4. The summed E-state index contributed by atoms with van der Waals surface area (Å²) >= 11 is 0. The Hall–Kier alpha value is -0.660. The second-order valence-corrected chi connectivity index (χ2v) is 6.67. The monoisotopic (exact) mass is 278 g/mol. The lowest BCUT2D eigenvalue weighted by molar-refractivity contribution is -0.139. The molecule has 0 saturated carbocycles. The van der Waals surface area contributed by atoms with Crippen LogP contribution in [0, 0.1) is 0 Å². The Labute approximate surface area is 109 Å². The van der Waals surface area contributed by atoms with Crippen molar-refractivity contribution in [2.24, 2.45) is 0 Å². The van der Waals surface area contributed by atoms with Gasteiger partial charge in [-0.2, -0.15) is 4.31 Å². The normalized spacial score (nSPS) is 22.1. The van der Waals surface area contributed by atoms with Gasteiger partial charge in [0.1, 0.15) is 0 Å². The van der Waals surface area contributed by atoms with E-state index < -0.39 is 21.2 Å². The van der Waals surface area contributed by atoms with Gasteiger partial charge in [0.2, 0.25) is 10.0 Å². The molecule has 18 heavy (non-hydrogen) atoms. The zero-order valence-corrected chi connectivity index (χ0v) is 12.0. The number of hydrogen-bond acceptors (Lipinski definition) is 5. The molecule has 1 fully saturated rings. The van der Waals surface area contributed by atoms with E-state index in [9.17, 15) is 13.2 Å². The van der Waals surface area contributed by atoms with Crippen LogP contribution in [-0.2, 0) is 19.6 Å². The van der Waals surface area contributed by atoms with E-state index in [1.165, 1.54) is 18.3 Å². The smallest absolute Gasteiger partial charge is 0.325 e. The minimum absolute atomic E-state index is 0.0537. The Morgan fingerprint density at radius 3 is 2.67 bits per heavy atom. The summed E-state index contributed by atoms with van der Waals surface area (Å²) in [7, 11) is -2.44. The Balaban J connectivity index is 2.92. The van der Waals surface area contributed by atoms with Gasteiger partial charge in [0, 0.05) is 19.1 Å². The van der Waals surface area contributed by atoms with Crippen LogP contribution in [0.4, 0.5) is 0 Å². The minimum Gasteiger partial charge on any atom is -0.468 e. The molecule has 2 unspecified atom stereocenters. The van der Waals surface area contributed by atoms with Gasteiger partial charge in [-0.25, -0.2) is 8.42 Å². The average molecular weight is 278 g/mol. The number of sulfonamides is 1. The van der Waals surface area contributed by atoms with Gasteiger partial charge in [0.25, 0.3) is 0 Å². The standard InChI is InChI=1S/C11H22N2O4S/c1-4-7-13(10-5-6-12-8-10)18(15,16)9(2)11(14)17-3/h9-10,12H,4-8H2,1-3H3. The summed E-state index contributed by atoms with van der Waals surface area (Å²) in [5.74, 6) is -0.706. The molecular weight excluding hydrogens is 256 g/mol. The molecule has 0 amide bonds. The van der Waals surface area contributed by atoms with Crippen molar-refractivity contribution in [3.05, 3.63) is 0 Å². The molecule has 2 atom stereocenters. The SMILES string of the molecule is CCCN(C1CCNC1)S(=O)(=O)C(C)C(=O)OC. The first-order chi connectivity index (χ1) is 8.45. The second-order valence-electron chi connectivity index (χ2n) is 4.47. The fourth-order valence-electron chi connectivity index (χ4n) is 2.11. The summed E-state index contributed by atoms with van der Waals surface area (Å²) in [6.07, 6.45) is 1.51. The van der Waals surface area contributed by atoms with E-state index in [0.717, 1.165) is 19.4 Å². The lowest BCUT2D eigenvalue weighted by atomic mass is 10.2. The zero-order valence-electron chi connectivity index (χ0n) is 11.2. The van der Waals surface area contributed by atoms with Crippen molar-refractivity contribution >= 4 is 16.0 Å². The second kappa shape index (κ2) is 6.49. The molecule has 0 aromatic carbocycles. The van der Waals surface area contributed by atoms with Gasteiger partial charge >= 0.3 is 5.97 Å². The molecule has 1 saturated heterocycles. The molecule has 1 aliphatic heterocycles. The zero-order chi connectivity index (χ0) is 13.8. The quantitative estimate of drug-likeness (QED) is 0.690. The van der Waals surface area contributed by atoms with Crippen LogP contribution in [0.15, 0.2) is 0 Å². The molecule has 1 heterocycles. The van der Waals surface area contributed by atoms with Gasteiger partial charge in [0.05, 0.1) is 7.11 Å². The topological polar surface area (TPSA) is 75.7 Å². The molecule has 1 aliphatic rings. The third-order valence-corrected chi connectivity index (χ3v) is 5.41. The van der Waals surface area contributed by atoms with Gasteiger partial charge in [-0.1, -0.05) is 6.92 Å². The Kier molecular flexibility index (Phi) is 5.55. The Morgan fingerprint density at radius 1 is 1.56 bits per heavy atom. The first-order valence-electron chi connectivity index (χ1n) is 6.24. The molecule has 1 rings (SSSR count). The minimum atomic E-state index is -3.64. The highest BCUT2D eigenvalue weighted by atomic mass is 32.2. The third kappa shape index (κ3) is 3.21. The first kappa shape index (κ1) is 15.4. The molecule has 0 aliphatic carbocycles. The predicted octanol–water partition coefficient (Wildman–Crippen LogP) is -0.0484. The number of ether oxygens (including phenoxy) is 1. The summed E-state index contributed by atoms with van der Waals surface area (Å²) in [6.45, 7) is 5.20. The van der Waals surface area contributed by atoms with Crippen LogP contribution < -0.4 is 5.32 Å². The molecule has 7 heteroatoms. The fourth-order valence-corrected chi connectivity index (χ4v) is 3.89. The number of rotatable bonds is 6. The van der Waals surface area contributed by atoms with Crippen molar-refractivity contribution in [1.82, 2.24) is 9.62 Å². The number of nitrogens with one attached hydrogen (secondary N) is 1. The summed E-state index contributed by atoms with van der Waals surface area (Å²) in [5, 5.41) is 2.00. The molecule has 1 N–H and O–H groups in total. The molecule has 0 aromatic rings. The van der Waals surface area contributed by atoms with E-state index in [4.69, 9.17) is 0 Å². The van der Waals surface area contributed by atoms with Crippen LogP contribution >= 0.6 is 0 Å². The highest BCUT2D eigenvalue weighted by Crippen LogP contribution is 2.18. The first-order valence-corrected chi connectivity index (χ1v) is 7.74. The van der Waals surface area contributed by atoms with Crippen molar-refractivity contribution in [1.29, 1.82) is 0 Å². The van der Waals surface area contributed by atoms with E-state index in [1.54, 1.807) is 0 Å². The average Bonchev–Trinajstić information content (AvgIpc) is 2.87. The Morgan fingerprint density at radius 2 is 2.22 bits per heavy atom. The van der Waals surface area contributed by atoms with Crippen molar-refractivity contribution in [3.8, 4) is 0 Å². The molecule has 106 valence electrons. The molecule has 0 spiro atoms. The van der Waals surface area contributed by atoms with Crippen LogP contribution in [0.5, 0.6) is 0 Å². The van der Waals surface area contributed by atoms with Gasteiger partial charge in [0.15, 0.2) is 5.25 Å². The number of methoxy groups -OCH3 is 1. The van der Waals surface area contributed by atoms with Crippen molar-refractivity contribution in [2.45, 2.75) is 38.0 Å². The molecular formula is C11H22N2O4S. The summed E-state index contributed by atoms with van der Waals surface area (Å²) in [6, 6.07) is -0.0537. The highest BCUT2D eigenvalue weighted by Gasteiger charge is 2.38. The maximum atomic E-state index is 12.4. The van der Waals surface area contributed by atoms with Gasteiger partial charge in [-0.3, -0.25) is 4.79 Å². The van der Waals surface area contributed by atoms with E-state index in [2.05, 4.69) is 10.1 Å². The van der Waals surface area contributed by atoms with Crippen LogP contribution in [0.2, 0.25) is 0 Å². The maximum absolute atomic E-state index is 12.4. The van der Waals surface area contributed by atoms with Crippen LogP contribution in [0.25, 0.3) is 0 Å². The van der Waals surface area contributed by atoms with E-state index in [-0.39, 0.29) is 6.04 Å². The highest BCUT2D eigenvalue weighted by molar-refractivity contribution is 7.90. The van der Waals surface area contributed by atoms with Gasteiger partial charge < -0.3 is 10.1 Å². The fraction of sp³-hybridized carbons (Fsp3) is 0.909. The van der Waals surface area contributed by atoms with Crippen molar-refractivity contribution < 1.29 is 17.9 Å². The number of carbonyl (C=O) groups excluding carboxylic acids is 1. The molecule has 6 nitrogen and oxygen atoms in total. The maximum Gasteiger partial charge on any atom is 0.325 e. The predicted molar refractivity (Wildman–Crippen MR) is 68.7 cm³/mol. The van der Waals surface area contributed by atoms with Crippen molar-refractivity contribution in [3.63, 3.8) is 0 Å². The van der Waals surface area contributed by atoms with Crippen LogP contribution in [-0.4, -0.2) is 56.7 Å². The number of carbonyl (C=O) groups is 1. The lowest BCUT2D eigenvalue weighted by Crippen LogP contribution is -2.48. The third-order valence-electron chi connectivity index (χ3n) is 3.19. The lowest BCUT2D eigenvalue weighted by Gasteiger charge is -2.29. The summed E-state index contributed by atoms with van der Waals surface area (Å²) < 4.78 is 30.8. The van der Waals surface area contributed by atoms with E-state index in [0.29, 0.717) is 13.1 Å². The molecule has 0 bridgehead atoms. The number of esters is 1. The largest absolute Gasteiger partial charge is 0.468 e. The van der Waals surface area contributed by atoms with Gasteiger partial charge in [-0.15, -0.1) is 0 Å². The number of nitrogens with zero attached hydrogens (tertiary/aromatic N) is 1. The summed E-state index contributed by atoms with van der Waals surface area (Å²) in [5.41, 5.74) is 0. The van der Waals surface area contributed by atoms with E-state index >= 15 is 0 Å². The van der Waals surface area contributed by atoms with Crippen LogP contribution in [0.1, 0.15) is 26.7 Å². The van der Waals surface area contributed by atoms with Gasteiger partial charge in [-0.05, 0) is 26.3 Å². The Bertz CT molecular complexity index is 377. The van der Waals surface area contributed by atoms with E-state index in [1.807, 2.05) is 6.92 Å². The number of hydrogen-bond donors (Lipinski definition) is 1. The van der Waals surface area contributed by atoms with Crippen LogP contribution in [0.3, 0.4) is 0 Å². The molecule has 0 radical (unpaired) electrons. The van der Waals surface area contributed by atoms with Crippen molar-refractivity contribution in [2.75, 3.05) is 26.7 Å².